The molecule has 0 saturated heterocycles. The van der Waals surface area contributed by atoms with Gasteiger partial charge in [-0.1, -0.05) is 18.2 Å². The van der Waals surface area contributed by atoms with Crippen LogP contribution >= 0.6 is 0 Å². The minimum atomic E-state index is -0.262. The maximum absolute atomic E-state index is 14.2. The van der Waals surface area contributed by atoms with Gasteiger partial charge in [0.1, 0.15) is 30.0 Å². The van der Waals surface area contributed by atoms with Gasteiger partial charge in [-0.3, -0.25) is 9.48 Å². The quantitative estimate of drug-likeness (QED) is 0.529. The fraction of sp³-hybridized carbons (Fsp3) is 0.429. The van der Waals surface area contributed by atoms with Crippen molar-refractivity contribution in [3.8, 4) is 11.5 Å². The Balaban J connectivity index is 1.11. The highest BCUT2D eigenvalue weighted by atomic mass is 19.1. The van der Waals surface area contributed by atoms with Crippen molar-refractivity contribution in [2.75, 3.05) is 0 Å². The monoisotopic (exact) mass is 477 g/mol. The molecule has 0 bridgehead atoms. The molecule has 35 heavy (non-hydrogen) atoms. The van der Waals surface area contributed by atoms with E-state index in [2.05, 4.69) is 16.5 Å². The number of benzene rings is 2. The largest absolute Gasteiger partial charge is 0.490 e. The number of nitrogens with one attached hydrogen (secondary N) is 1. The van der Waals surface area contributed by atoms with Crippen molar-refractivity contribution < 1.29 is 18.7 Å². The van der Waals surface area contributed by atoms with Crippen molar-refractivity contribution in [1.29, 1.82) is 0 Å². The van der Waals surface area contributed by atoms with E-state index < -0.39 is 0 Å². The van der Waals surface area contributed by atoms with E-state index in [0.29, 0.717) is 5.56 Å². The number of hydrogen-bond acceptors (Lipinski definition) is 4. The van der Waals surface area contributed by atoms with E-state index >= 15 is 0 Å². The van der Waals surface area contributed by atoms with Gasteiger partial charge in [-0.25, -0.2) is 4.39 Å². The minimum Gasteiger partial charge on any atom is -0.490 e. The molecule has 1 unspecified atom stereocenters. The van der Waals surface area contributed by atoms with Crippen molar-refractivity contribution in [2.24, 2.45) is 0 Å². The van der Waals surface area contributed by atoms with Gasteiger partial charge in [0.05, 0.1) is 11.8 Å². The third-order valence-electron chi connectivity index (χ3n) is 6.97. The predicted octanol–water partition coefficient (Wildman–Crippen LogP) is 5.21. The lowest BCUT2D eigenvalue weighted by atomic mass is 9.92. The van der Waals surface area contributed by atoms with Crippen LogP contribution in [0.25, 0.3) is 0 Å². The van der Waals surface area contributed by atoms with E-state index in [0.717, 1.165) is 67.0 Å². The summed E-state index contributed by atoms with van der Waals surface area (Å²) in [7, 11) is 0. The summed E-state index contributed by atoms with van der Waals surface area (Å²) >= 11 is 0. The SMILES string of the molecule is Cc1cc(C)n(CC(=O)NC2CCC(Oc3ccc4c(c3)CCC(c3ccccc3F)O4)CC2)n1. The lowest BCUT2D eigenvalue weighted by Crippen LogP contribution is -2.41. The van der Waals surface area contributed by atoms with Gasteiger partial charge >= 0.3 is 0 Å². The van der Waals surface area contributed by atoms with Crippen molar-refractivity contribution in [1.82, 2.24) is 15.1 Å². The molecule has 3 aromatic rings. The Hall–Kier alpha value is -3.35. The highest BCUT2D eigenvalue weighted by molar-refractivity contribution is 5.76. The van der Waals surface area contributed by atoms with Crippen LogP contribution in [0.15, 0.2) is 48.5 Å². The van der Waals surface area contributed by atoms with Crippen LogP contribution in [-0.2, 0) is 17.8 Å². The molecule has 0 spiro atoms. The van der Waals surface area contributed by atoms with Crippen molar-refractivity contribution in [2.45, 2.75) is 77.2 Å². The summed E-state index contributed by atoms with van der Waals surface area (Å²) in [5, 5.41) is 7.52. The third kappa shape index (κ3) is 5.50. The summed E-state index contributed by atoms with van der Waals surface area (Å²) in [5.41, 5.74) is 3.62. The van der Waals surface area contributed by atoms with Crippen molar-refractivity contribution in [3.05, 3.63) is 76.9 Å². The fourth-order valence-electron chi connectivity index (χ4n) is 5.16. The number of rotatable bonds is 6. The number of halogens is 1. The number of ether oxygens (including phenoxy) is 2. The zero-order valence-electron chi connectivity index (χ0n) is 20.3. The van der Waals surface area contributed by atoms with Crippen LogP contribution in [0.3, 0.4) is 0 Å². The predicted molar refractivity (Wildman–Crippen MR) is 131 cm³/mol. The molecular weight excluding hydrogens is 445 g/mol. The molecule has 2 aromatic carbocycles. The lowest BCUT2D eigenvalue weighted by Gasteiger charge is -2.30. The molecule has 1 amide bonds. The normalized spacial score (nSPS) is 21.6. The highest BCUT2D eigenvalue weighted by Crippen LogP contribution is 2.38. The Morgan fingerprint density at radius 1 is 1.11 bits per heavy atom. The number of carbonyl (C=O) groups is 1. The summed E-state index contributed by atoms with van der Waals surface area (Å²) in [6, 6.07) is 14.9. The first kappa shape index (κ1) is 23.4. The van der Waals surface area contributed by atoms with Crippen LogP contribution in [0.2, 0.25) is 0 Å². The Bertz CT molecular complexity index is 1200. The average Bonchev–Trinajstić information content (AvgIpc) is 3.16. The van der Waals surface area contributed by atoms with E-state index in [1.165, 1.54) is 6.07 Å². The second kappa shape index (κ2) is 10.1. The summed E-state index contributed by atoms with van der Waals surface area (Å²) in [6.45, 7) is 4.15. The minimum absolute atomic E-state index is 0.00365. The second-order valence-corrected chi connectivity index (χ2v) is 9.68. The first-order valence-corrected chi connectivity index (χ1v) is 12.5. The topological polar surface area (TPSA) is 65.4 Å². The Morgan fingerprint density at radius 3 is 2.66 bits per heavy atom. The van der Waals surface area contributed by atoms with Gasteiger partial charge < -0.3 is 14.8 Å². The smallest absolute Gasteiger partial charge is 0.241 e. The molecule has 0 radical (unpaired) electrons. The summed E-state index contributed by atoms with van der Waals surface area (Å²) in [4.78, 5) is 12.4. The number of aryl methyl sites for hydroxylation is 3. The molecule has 2 aliphatic rings. The first-order valence-electron chi connectivity index (χ1n) is 12.5. The molecule has 6 nitrogen and oxygen atoms in total. The zero-order chi connectivity index (χ0) is 24.4. The number of fused-ring (bicyclic) bond motifs is 1. The maximum atomic E-state index is 14.2. The first-order chi connectivity index (χ1) is 16.9. The molecular formula is C28H32FN3O3. The van der Waals surface area contributed by atoms with E-state index in [1.807, 2.05) is 38.1 Å². The lowest BCUT2D eigenvalue weighted by molar-refractivity contribution is -0.122. The Morgan fingerprint density at radius 2 is 1.91 bits per heavy atom. The number of carbonyl (C=O) groups excluding carboxylic acids is 1. The standard InChI is InChI=1S/C28H32FN3O3/c1-18-15-19(2)32(31-18)17-28(33)30-21-8-10-22(11-9-21)34-23-12-14-26-20(16-23)7-13-27(35-26)24-5-3-4-6-25(24)29/h3-6,12,14-16,21-22,27H,7-11,13,17H2,1-2H3,(H,30,33). The van der Waals surface area contributed by atoms with Crippen LogP contribution in [-0.4, -0.2) is 27.8 Å². The van der Waals surface area contributed by atoms with Crippen LogP contribution in [0.1, 0.15) is 60.7 Å². The molecule has 1 N–H and O–H groups in total. The molecule has 1 fully saturated rings. The summed E-state index contributed by atoms with van der Waals surface area (Å²) in [6.07, 6.45) is 5.01. The van der Waals surface area contributed by atoms with Gasteiger partial charge in [0.15, 0.2) is 0 Å². The number of nitrogens with zero attached hydrogens (tertiary/aromatic N) is 2. The highest BCUT2D eigenvalue weighted by Gasteiger charge is 2.26. The third-order valence-corrected chi connectivity index (χ3v) is 6.97. The molecule has 1 aliphatic carbocycles. The van der Waals surface area contributed by atoms with Gasteiger partial charge in [-0.05, 0) is 88.3 Å². The molecule has 1 atom stereocenters. The Labute approximate surface area is 205 Å². The molecule has 5 rings (SSSR count). The zero-order valence-corrected chi connectivity index (χ0v) is 20.3. The van der Waals surface area contributed by atoms with Crippen LogP contribution < -0.4 is 14.8 Å². The van der Waals surface area contributed by atoms with Crippen molar-refractivity contribution in [3.63, 3.8) is 0 Å². The fourth-order valence-corrected chi connectivity index (χ4v) is 5.16. The van der Waals surface area contributed by atoms with Crippen LogP contribution in [0.4, 0.5) is 4.39 Å². The van der Waals surface area contributed by atoms with Crippen molar-refractivity contribution >= 4 is 5.91 Å². The second-order valence-electron chi connectivity index (χ2n) is 9.68. The Kier molecular flexibility index (Phi) is 6.75. The van der Waals surface area contributed by atoms with Crippen LogP contribution in [0.5, 0.6) is 11.5 Å². The molecule has 2 heterocycles. The number of aromatic nitrogens is 2. The number of amides is 1. The van der Waals surface area contributed by atoms with E-state index in [4.69, 9.17) is 9.47 Å². The molecule has 1 saturated carbocycles. The summed E-state index contributed by atoms with van der Waals surface area (Å²) < 4.78 is 28.3. The van der Waals surface area contributed by atoms with Crippen LogP contribution in [0, 0.1) is 19.7 Å². The van der Waals surface area contributed by atoms with Gasteiger partial charge in [0, 0.05) is 17.3 Å². The molecule has 184 valence electrons. The van der Waals surface area contributed by atoms with E-state index in [9.17, 15) is 9.18 Å². The average molecular weight is 478 g/mol. The molecule has 1 aromatic heterocycles. The van der Waals surface area contributed by atoms with E-state index in [-0.39, 0.29) is 36.5 Å². The van der Waals surface area contributed by atoms with Gasteiger partial charge in [0.25, 0.3) is 0 Å². The van der Waals surface area contributed by atoms with Gasteiger partial charge in [-0.15, -0.1) is 0 Å². The molecule has 7 heteroatoms. The van der Waals surface area contributed by atoms with Gasteiger partial charge in [-0.2, -0.15) is 5.10 Å². The molecule has 1 aliphatic heterocycles. The summed E-state index contributed by atoms with van der Waals surface area (Å²) in [5.74, 6) is 1.42. The van der Waals surface area contributed by atoms with Gasteiger partial charge in [0.2, 0.25) is 5.91 Å². The van der Waals surface area contributed by atoms with E-state index in [1.54, 1.807) is 16.8 Å². The number of hydrogen-bond donors (Lipinski definition) is 1. The maximum Gasteiger partial charge on any atom is 0.241 e.